The highest BCUT2D eigenvalue weighted by Gasteiger charge is 2.21. The van der Waals surface area contributed by atoms with E-state index >= 15 is 0 Å². The van der Waals surface area contributed by atoms with Crippen LogP contribution in [0.25, 0.3) is 0 Å². The average molecular weight is 387 g/mol. The number of nitrogens with one attached hydrogen (secondary N) is 1. The number of aryl methyl sites for hydroxylation is 1. The van der Waals surface area contributed by atoms with Gasteiger partial charge in [0.25, 0.3) is 5.91 Å². The van der Waals surface area contributed by atoms with Crippen molar-refractivity contribution in [3.05, 3.63) is 71.1 Å². The van der Waals surface area contributed by atoms with Gasteiger partial charge in [-0.2, -0.15) is 0 Å². The third kappa shape index (κ3) is 3.63. The third-order valence-electron chi connectivity index (χ3n) is 3.73. The highest BCUT2D eigenvalue weighted by Crippen LogP contribution is 2.30. The van der Waals surface area contributed by atoms with Crippen LogP contribution in [0.15, 0.2) is 69.8 Å². The number of anilines is 1. The lowest BCUT2D eigenvalue weighted by molar-refractivity contribution is 0.103. The molecule has 1 heterocycles. The number of amides is 1. The van der Waals surface area contributed by atoms with Crippen LogP contribution in [0.2, 0.25) is 0 Å². The fourth-order valence-corrected chi connectivity index (χ4v) is 5.03. The number of ether oxygens (including phenoxy) is 1. The van der Waals surface area contributed by atoms with Crippen LogP contribution in [-0.4, -0.2) is 21.4 Å². The topological polar surface area (TPSA) is 72.5 Å². The summed E-state index contributed by atoms with van der Waals surface area (Å²) >= 11 is 0.939. The van der Waals surface area contributed by atoms with Gasteiger partial charge in [-0.05, 0) is 48.9 Å². The molecule has 0 spiro atoms. The van der Waals surface area contributed by atoms with E-state index in [1.54, 1.807) is 30.3 Å². The number of benzene rings is 2. The number of rotatable bonds is 5. The van der Waals surface area contributed by atoms with Crippen molar-refractivity contribution >= 4 is 32.8 Å². The molecule has 0 aliphatic heterocycles. The zero-order chi connectivity index (χ0) is 18.7. The first-order chi connectivity index (χ1) is 12.4. The fraction of sp³-hybridized carbons (Fsp3) is 0.105. The normalized spacial score (nSPS) is 11.2. The first-order valence-electron chi connectivity index (χ1n) is 7.78. The van der Waals surface area contributed by atoms with Crippen molar-refractivity contribution in [2.75, 3.05) is 12.4 Å². The summed E-state index contributed by atoms with van der Waals surface area (Å²) in [6.07, 6.45) is 0. The molecule has 0 aliphatic rings. The molecule has 134 valence electrons. The largest absolute Gasteiger partial charge is 0.495 e. The molecule has 0 saturated heterocycles. The first kappa shape index (κ1) is 18.2. The van der Waals surface area contributed by atoms with E-state index in [0.29, 0.717) is 16.3 Å². The van der Waals surface area contributed by atoms with Crippen LogP contribution >= 0.6 is 11.3 Å². The van der Waals surface area contributed by atoms with Crippen molar-refractivity contribution in [3.8, 4) is 5.75 Å². The minimum Gasteiger partial charge on any atom is -0.495 e. The molecule has 0 saturated carbocycles. The van der Waals surface area contributed by atoms with E-state index in [1.807, 2.05) is 13.0 Å². The summed E-state index contributed by atoms with van der Waals surface area (Å²) in [5.74, 6) is 0.158. The Labute approximate surface area is 156 Å². The van der Waals surface area contributed by atoms with Crippen LogP contribution in [0, 0.1) is 6.92 Å². The molecule has 26 heavy (non-hydrogen) atoms. The van der Waals surface area contributed by atoms with E-state index in [4.69, 9.17) is 4.74 Å². The maximum atomic E-state index is 12.6. The summed E-state index contributed by atoms with van der Waals surface area (Å²) in [6, 6.07) is 16.6. The smallest absolute Gasteiger partial charge is 0.265 e. The van der Waals surface area contributed by atoms with E-state index < -0.39 is 9.84 Å². The van der Waals surface area contributed by atoms with E-state index in [9.17, 15) is 13.2 Å². The molecule has 1 aromatic heterocycles. The van der Waals surface area contributed by atoms with Crippen LogP contribution in [0.5, 0.6) is 5.75 Å². The molecule has 0 bridgehead atoms. The Morgan fingerprint density at radius 3 is 2.46 bits per heavy atom. The molecule has 0 atom stereocenters. The lowest BCUT2D eigenvalue weighted by Crippen LogP contribution is -2.11. The number of carbonyl (C=O) groups is 1. The fourth-order valence-electron chi connectivity index (χ4n) is 2.41. The van der Waals surface area contributed by atoms with Gasteiger partial charge in [0.05, 0.1) is 22.6 Å². The maximum absolute atomic E-state index is 12.6. The minimum atomic E-state index is -3.63. The Bertz CT molecular complexity index is 1040. The summed E-state index contributed by atoms with van der Waals surface area (Å²) in [5.41, 5.74) is 1.51. The van der Waals surface area contributed by atoms with Crippen molar-refractivity contribution in [3.63, 3.8) is 0 Å². The van der Waals surface area contributed by atoms with Crippen LogP contribution in [-0.2, 0) is 9.84 Å². The standard InChI is InChI=1S/C19H17NO4S2/c1-13-8-9-16(24-2)15(12-13)20-19(21)17-10-11-18(25-17)26(22,23)14-6-4-3-5-7-14/h3-12H,1-2H3,(H,20,21). The van der Waals surface area contributed by atoms with Gasteiger partial charge in [-0.1, -0.05) is 24.3 Å². The van der Waals surface area contributed by atoms with Gasteiger partial charge in [0.1, 0.15) is 9.96 Å². The zero-order valence-corrected chi connectivity index (χ0v) is 15.9. The van der Waals surface area contributed by atoms with Gasteiger partial charge in [0.2, 0.25) is 9.84 Å². The highest BCUT2D eigenvalue weighted by atomic mass is 32.2. The molecule has 3 aromatic rings. The molecule has 7 heteroatoms. The van der Waals surface area contributed by atoms with E-state index in [1.165, 1.54) is 31.4 Å². The Morgan fingerprint density at radius 1 is 1.04 bits per heavy atom. The van der Waals surface area contributed by atoms with Crippen LogP contribution < -0.4 is 10.1 Å². The summed E-state index contributed by atoms with van der Waals surface area (Å²) < 4.78 is 30.6. The Balaban J connectivity index is 1.86. The minimum absolute atomic E-state index is 0.130. The average Bonchev–Trinajstić information content (AvgIpc) is 3.14. The van der Waals surface area contributed by atoms with Crippen molar-refractivity contribution in [1.29, 1.82) is 0 Å². The molecule has 5 nitrogen and oxygen atoms in total. The molecule has 0 unspecified atom stereocenters. The monoisotopic (exact) mass is 387 g/mol. The SMILES string of the molecule is COc1ccc(C)cc1NC(=O)c1ccc(S(=O)(=O)c2ccccc2)s1. The van der Waals surface area contributed by atoms with E-state index in [0.717, 1.165) is 16.9 Å². The van der Waals surface area contributed by atoms with Gasteiger partial charge in [0.15, 0.2) is 0 Å². The number of hydrogen-bond donors (Lipinski definition) is 1. The number of carbonyl (C=O) groups excluding carboxylic acids is 1. The van der Waals surface area contributed by atoms with Crippen molar-refractivity contribution < 1.29 is 17.9 Å². The molecule has 0 aliphatic carbocycles. The predicted molar refractivity (Wildman–Crippen MR) is 102 cm³/mol. The third-order valence-corrected chi connectivity index (χ3v) is 7.07. The second-order valence-corrected chi connectivity index (χ2v) is 8.85. The summed E-state index contributed by atoms with van der Waals surface area (Å²) in [5, 5.41) is 2.77. The molecule has 0 radical (unpaired) electrons. The van der Waals surface area contributed by atoms with Gasteiger partial charge in [-0.3, -0.25) is 4.79 Å². The van der Waals surface area contributed by atoms with Crippen molar-refractivity contribution in [1.82, 2.24) is 0 Å². The number of thiophene rings is 1. The Kier molecular flexibility index (Phi) is 5.11. The lowest BCUT2D eigenvalue weighted by Gasteiger charge is -2.10. The van der Waals surface area contributed by atoms with E-state index in [2.05, 4.69) is 5.32 Å². The van der Waals surface area contributed by atoms with Gasteiger partial charge in [0, 0.05) is 0 Å². The van der Waals surface area contributed by atoms with E-state index in [-0.39, 0.29) is 15.0 Å². The molecule has 1 N–H and O–H groups in total. The Hall–Kier alpha value is -2.64. The molecule has 3 rings (SSSR count). The quantitative estimate of drug-likeness (QED) is 0.714. The summed E-state index contributed by atoms with van der Waals surface area (Å²) in [7, 11) is -2.11. The van der Waals surface area contributed by atoms with Crippen LogP contribution in [0.4, 0.5) is 5.69 Å². The molecular formula is C19H17NO4S2. The second-order valence-electron chi connectivity index (χ2n) is 5.59. The van der Waals surface area contributed by atoms with Crippen molar-refractivity contribution in [2.45, 2.75) is 16.0 Å². The second kappa shape index (κ2) is 7.31. The summed E-state index contributed by atoms with van der Waals surface area (Å²) in [6.45, 7) is 1.91. The van der Waals surface area contributed by atoms with Gasteiger partial charge < -0.3 is 10.1 Å². The molecule has 1 amide bonds. The van der Waals surface area contributed by atoms with Gasteiger partial charge in [-0.25, -0.2) is 8.42 Å². The first-order valence-corrected chi connectivity index (χ1v) is 10.1. The maximum Gasteiger partial charge on any atom is 0.265 e. The summed E-state index contributed by atoms with van der Waals surface area (Å²) in [4.78, 5) is 13.0. The molecule has 0 fully saturated rings. The van der Waals surface area contributed by atoms with Crippen LogP contribution in [0.3, 0.4) is 0 Å². The number of sulfone groups is 1. The Morgan fingerprint density at radius 2 is 1.77 bits per heavy atom. The van der Waals surface area contributed by atoms with Crippen LogP contribution in [0.1, 0.15) is 15.2 Å². The number of hydrogen-bond acceptors (Lipinski definition) is 5. The highest BCUT2D eigenvalue weighted by molar-refractivity contribution is 7.93. The lowest BCUT2D eigenvalue weighted by atomic mass is 10.2. The van der Waals surface area contributed by atoms with Crippen molar-refractivity contribution in [2.24, 2.45) is 0 Å². The zero-order valence-electron chi connectivity index (χ0n) is 14.2. The molecule has 2 aromatic carbocycles. The van der Waals surface area contributed by atoms with Gasteiger partial charge in [-0.15, -0.1) is 11.3 Å². The van der Waals surface area contributed by atoms with Gasteiger partial charge >= 0.3 is 0 Å². The predicted octanol–water partition coefficient (Wildman–Crippen LogP) is 4.15. The number of methoxy groups -OCH3 is 1. The molecular weight excluding hydrogens is 370 g/mol.